The summed E-state index contributed by atoms with van der Waals surface area (Å²) in [6.07, 6.45) is 0. The highest BCUT2D eigenvalue weighted by atomic mass is 35.5. The second-order valence-corrected chi connectivity index (χ2v) is 8.74. The van der Waals surface area contributed by atoms with E-state index in [9.17, 15) is 4.79 Å². The molecule has 1 amide bonds. The third kappa shape index (κ3) is 4.66. The van der Waals surface area contributed by atoms with Crippen molar-refractivity contribution >= 4 is 51.6 Å². The van der Waals surface area contributed by atoms with Crippen molar-refractivity contribution in [2.75, 3.05) is 5.32 Å². The van der Waals surface area contributed by atoms with Crippen molar-refractivity contribution < 1.29 is 9.21 Å². The highest BCUT2D eigenvalue weighted by Gasteiger charge is 2.14. The number of carbonyl (C=O) groups excluding carboxylic acids is 1. The molecule has 2 N–H and O–H groups in total. The summed E-state index contributed by atoms with van der Waals surface area (Å²) in [5, 5.41) is 6.32. The molecule has 1 heterocycles. The van der Waals surface area contributed by atoms with Crippen molar-refractivity contribution in [1.29, 1.82) is 0 Å². The SMILES string of the molecule is Cc1cc(C)cc(C(=O)NC(=S)Nc2cc(-c3nc4cc(C)cc(C)c4o3)ccc2Cl)c1. The topological polar surface area (TPSA) is 67.2 Å². The van der Waals surface area contributed by atoms with Crippen LogP contribution in [0.2, 0.25) is 5.02 Å². The molecule has 0 saturated carbocycles. The first-order chi connectivity index (χ1) is 15.2. The van der Waals surface area contributed by atoms with Crippen molar-refractivity contribution in [3.05, 3.63) is 81.4 Å². The number of fused-ring (bicyclic) bond motifs is 1. The zero-order valence-electron chi connectivity index (χ0n) is 18.2. The smallest absolute Gasteiger partial charge is 0.257 e. The monoisotopic (exact) mass is 463 g/mol. The minimum atomic E-state index is -0.286. The fourth-order valence-electron chi connectivity index (χ4n) is 3.69. The average Bonchev–Trinajstić information content (AvgIpc) is 3.13. The van der Waals surface area contributed by atoms with Gasteiger partial charge in [-0.2, -0.15) is 0 Å². The van der Waals surface area contributed by atoms with E-state index in [0.29, 0.717) is 22.2 Å². The van der Waals surface area contributed by atoms with Crippen LogP contribution in [-0.2, 0) is 0 Å². The Morgan fingerprint density at radius 2 is 1.66 bits per heavy atom. The molecule has 0 aliphatic rings. The Morgan fingerprint density at radius 3 is 2.38 bits per heavy atom. The Kier molecular flexibility index (Phi) is 6.00. The number of nitrogens with zero attached hydrogens (tertiary/aromatic N) is 1. The number of aromatic nitrogens is 1. The number of benzene rings is 3. The van der Waals surface area contributed by atoms with E-state index in [1.54, 1.807) is 12.1 Å². The van der Waals surface area contributed by atoms with Crippen LogP contribution in [0.25, 0.3) is 22.6 Å². The van der Waals surface area contributed by atoms with E-state index in [-0.39, 0.29) is 11.0 Å². The Balaban J connectivity index is 1.56. The molecule has 5 nitrogen and oxygen atoms in total. The molecule has 0 radical (unpaired) electrons. The Labute approximate surface area is 196 Å². The van der Waals surface area contributed by atoms with Gasteiger partial charge >= 0.3 is 0 Å². The van der Waals surface area contributed by atoms with E-state index in [0.717, 1.165) is 38.9 Å². The van der Waals surface area contributed by atoms with E-state index in [2.05, 4.69) is 21.7 Å². The predicted molar refractivity (Wildman–Crippen MR) is 134 cm³/mol. The number of halogens is 1. The van der Waals surface area contributed by atoms with Crippen LogP contribution in [0.4, 0.5) is 5.69 Å². The maximum atomic E-state index is 12.6. The molecule has 32 heavy (non-hydrogen) atoms. The lowest BCUT2D eigenvalue weighted by Crippen LogP contribution is -2.34. The normalized spacial score (nSPS) is 10.9. The van der Waals surface area contributed by atoms with Gasteiger partial charge in [0.05, 0.1) is 10.7 Å². The number of carbonyl (C=O) groups is 1. The average molecular weight is 464 g/mol. The fourth-order valence-corrected chi connectivity index (χ4v) is 4.06. The van der Waals surface area contributed by atoms with Gasteiger partial charge in [-0.25, -0.2) is 4.98 Å². The molecule has 0 fully saturated rings. The highest BCUT2D eigenvalue weighted by molar-refractivity contribution is 7.80. The summed E-state index contributed by atoms with van der Waals surface area (Å²) in [4.78, 5) is 17.2. The number of hydrogen-bond acceptors (Lipinski definition) is 4. The summed E-state index contributed by atoms with van der Waals surface area (Å²) < 4.78 is 6.00. The number of amides is 1. The van der Waals surface area contributed by atoms with Crippen molar-refractivity contribution in [1.82, 2.24) is 10.3 Å². The highest BCUT2D eigenvalue weighted by Crippen LogP contribution is 2.31. The van der Waals surface area contributed by atoms with E-state index in [4.69, 9.17) is 28.2 Å². The third-order valence-corrected chi connectivity index (χ3v) is 5.53. The van der Waals surface area contributed by atoms with Crippen LogP contribution in [0.1, 0.15) is 32.6 Å². The molecule has 3 aromatic carbocycles. The quantitative estimate of drug-likeness (QED) is 0.339. The molecular weight excluding hydrogens is 442 g/mol. The number of oxazole rings is 1. The largest absolute Gasteiger partial charge is 0.436 e. The maximum absolute atomic E-state index is 12.6. The molecule has 1 aromatic heterocycles. The van der Waals surface area contributed by atoms with Crippen molar-refractivity contribution in [2.24, 2.45) is 0 Å². The van der Waals surface area contributed by atoms with Crippen LogP contribution in [0, 0.1) is 27.7 Å². The van der Waals surface area contributed by atoms with Crippen molar-refractivity contribution in [3.8, 4) is 11.5 Å². The van der Waals surface area contributed by atoms with E-state index in [1.165, 1.54) is 0 Å². The first-order valence-electron chi connectivity index (χ1n) is 10.1. The summed E-state index contributed by atoms with van der Waals surface area (Å²) in [6.45, 7) is 7.91. The lowest BCUT2D eigenvalue weighted by Gasteiger charge is -2.12. The van der Waals surface area contributed by atoms with Crippen LogP contribution in [-0.4, -0.2) is 16.0 Å². The number of rotatable bonds is 3. The molecule has 0 atom stereocenters. The standard InChI is InChI=1S/C25H22ClN3O2S/c1-13-7-14(2)10-18(9-13)23(30)29-25(32)28-20-12-17(5-6-19(20)26)24-27-21-11-15(3)8-16(4)22(21)31-24/h5-12H,1-4H3,(H2,28,29,30,32). The number of anilines is 1. The maximum Gasteiger partial charge on any atom is 0.257 e. The Bertz CT molecular complexity index is 1360. The zero-order valence-corrected chi connectivity index (χ0v) is 19.7. The number of aryl methyl sites for hydroxylation is 4. The van der Waals surface area contributed by atoms with Gasteiger partial charge in [0.2, 0.25) is 5.89 Å². The van der Waals surface area contributed by atoms with E-state index >= 15 is 0 Å². The molecule has 0 aliphatic carbocycles. The molecule has 0 unspecified atom stereocenters. The first kappa shape index (κ1) is 22.0. The molecule has 0 saturated heterocycles. The van der Waals surface area contributed by atoms with Crippen LogP contribution in [0.5, 0.6) is 0 Å². The Hall–Kier alpha value is -3.22. The van der Waals surface area contributed by atoms with Crippen LogP contribution >= 0.6 is 23.8 Å². The summed E-state index contributed by atoms with van der Waals surface area (Å²) in [5.41, 5.74) is 7.56. The predicted octanol–water partition coefficient (Wildman–Crippen LogP) is 6.51. The van der Waals surface area contributed by atoms with Gasteiger partial charge in [-0.05, 0) is 87.4 Å². The molecule has 0 bridgehead atoms. The molecular formula is C25H22ClN3O2S. The fraction of sp³-hybridized carbons (Fsp3) is 0.160. The van der Waals surface area contributed by atoms with Gasteiger partial charge < -0.3 is 9.73 Å². The zero-order chi connectivity index (χ0) is 23.0. The molecule has 7 heteroatoms. The number of thiocarbonyl (C=S) groups is 1. The summed E-state index contributed by atoms with van der Waals surface area (Å²) in [6, 6.07) is 15.0. The van der Waals surface area contributed by atoms with Crippen LogP contribution in [0.15, 0.2) is 52.9 Å². The third-order valence-electron chi connectivity index (χ3n) is 4.99. The second-order valence-electron chi connectivity index (χ2n) is 7.93. The van der Waals surface area contributed by atoms with Gasteiger partial charge in [0.25, 0.3) is 5.91 Å². The lowest BCUT2D eigenvalue weighted by molar-refractivity contribution is 0.0977. The van der Waals surface area contributed by atoms with Crippen molar-refractivity contribution in [2.45, 2.75) is 27.7 Å². The minimum Gasteiger partial charge on any atom is -0.436 e. The van der Waals surface area contributed by atoms with Gasteiger partial charge in [0.1, 0.15) is 5.52 Å². The summed E-state index contributed by atoms with van der Waals surface area (Å²) in [7, 11) is 0. The van der Waals surface area contributed by atoms with Gasteiger partial charge in [-0.1, -0.05) is 34.9 Å². The van der Waals surface area contributed by atoms with E-state index in [1.807, 2.05) is 58.0 Å². The summed E-state index contributed by atoms with van der Waals surface area (Å²) >= 11 is 11.7. The minimum absolute atomic E-state index is 0.150. The Morgan fingerprint density at radius 1 is 0.969 bits per heavy atom. The number of nitrogens with one attached hydrogen (secondary N) is 2. The van der Waals surface area contributed by atoms with Crippen molar-refractivity contribution in [3.63, 3.8) is 0 Å². The van der Waals surface area contributed by atoms with Gasteiger partial charge in [-0.15, -0.1) is 0 Å². The van der Waals surface area contributed by atoms with Crippen LogP contribution < -0.4 is 10.6 Å². The molecule has 4 rings (SSSR count). The second kappa shape index (κ2) is 8.73. The number of hydrogen-bond donors (Lipinski definition) is 2. The molecule has 0 aliphatic heterocycles. The summed E-state index contributed by atoms with van der Waals surface area (Å²) in [5.74, 6) is 0.199. The van der Waals surface area contributed by atoms with E-state index < -0.39 is 0 Å². The molecule has 0 spiro atoms. The lowest BCUT2D eigenvalue weighted by atomic mass is 10.1. The molecule has 4 aromatic rings. The molecule has 162 valence electrons. The van der Waals surface area contributed by atoms with Crippen LogP contribution in [0.3, 0.4) is 0 Å². The first-order valence-corrected chi connectivity index (χ1v) is 10.9. The van der Waals surface area contributed by atoms with Gasteiger partial charge in [-0.3, -0.25) is 10.1 Å². The van der Waals surface area contributed by atoms with Gasteiger partial charge in [0.15, 0.2) is 10.7 Å². The van der Waals surface area contributed by atoms with Gasteiger partial charge in [0, 0.05) is 11.1 Å².